The zero-order valence-electron chi connectivity index (χ0n) is 10.8. The summed E-state index contributed by atoms with van der Waals surface area (Å²) in [4.78, 5) is 0.142. The minimum Gasteiger partial charge on any atom is -0.489 e. The molecular formula is C14H11Cl2NO3S. The molecule has 1 aliphatic rings. The predicted molar refractivity (Wildman–Crippen MR) is 82.9 cm³/mol. The van der Waals surface area contributed by atoms with Gasteiger partial charge in [0.25, 0.3) is 10.0 Å². The number of sulfonamides is 1. The predicted octanol–water partition coefficient (Wildman–Crippen LogP) is 3.58. The third kappa shape index (κ3) is 2.69. The maximum Gasteiger partial charge on any atom is 0.264 e. The Morgan fingerprint density at radius 1 is 1.05 bits per heavy atom. The summed E-state index contributed by atoms with van der Waals surface area (Å²) in [5.41, 5.74) is 0.439. The van der Waals surface area contributed by atoms with Gasteiger partial charge in [0.05, 0.1) is 17.1 Å². The van der Waals surface area contributed by atoms with Gasteiger partial charge in [-0.05, 0) is 36.4 Å². The molecule has 1 heterocycles. The standard InChI is InChI=1S/C14H11Cl2NO3S/c15-10-2-1-3-12(8-10)21(18,19)17-6-7-20-14-5-4-11(16)9-13(14)17/h1-5,8-9H,6-7H2. The molecule has 110 valence electrons. The molecule has 2 aromatic rings. The van der Waals surface area contributed by atoms with Crippen molar-refractivity contribution in [2.24, 2.45) is 0 Å². The van der Waals surface area contributed by atoms with E-state index < -0.39 is 10.0 Å². The second-order valence-corrected chi connectivity index (χ2v) is 7.23. The highest BCUT2D eigenvalue weighted by Gasteiger charge is 2.30. The highest BCUT2D eigenvalue weighted by atomic mass is 35.5. The largest absolute Gasteiger partial charge is 0.489 e. The van der Waals surface area contributed by atoms with Crippen LogP contribution in [0.2, 0.25) is 10.0 Å². The van der Waals surface area contributed by atoms with Crippen LogP contribution in [0.25, 0.3) is 0 Å². The molecule has 2 aromatic carbocycles. The number of anilines is 1. The Hall–Kier alpha value is -1.43. The molecule has 0 aliphatic carbocycles. The lowest BCUT2D eigenvalue weighted by atomic mass is 10.2. The number of hydrogen-bond acceptors (Lipinski definition) is 3. The average molecular weight is 344 g/mol. The Bertz CT molecular complexity index is 793. The van der Waals surface area contributed by atoms with Crippen molar-refractivity contribution in [1.29, 1.82) is 0 Å². The lowest BCUT2D eigenvalue weighted by Gasteiger charge is -2.30. The third-order valence-corrected chi connectivity index (χ3v) is 5.41. The van der Waals surface area contributed by atoms with Gasteiger partial charge in [-0.1, -0.05) is 29.3 Å². The van der Waals surface area contributed by atoms with E-state index in [-0.39, 0.29) is 18.0 Å². The van der Waals surface area contributed by atoms with Crippen LogP contribution in [0.3, 0.4) is 0 Å². The Kier molecular flexibility index (Phi) is 3.73. The van der Waals surface area contributed by atoms with E-state index in [1.54, 1.807) is 30.3 Å². The van der Waals surface area contributed by atoms with E-state index in [0.717, 1.165) is 0 Å². The van der Waals surface area contributed by atoms with Gasteiger partial charge in [0.15, 0.2) is 0 Å². The van der Waals surface area contributed by atoms with Gasteiger partial charge in [-0.2, -0.15) is 0 Å². The quantitative estimate of drug-likeness (QED) is 0.837. The Balaban J connectivity index is 2.11. The molecule has 1 aliphatic heterocycles. The molecular weight excluding hydrogens is 333 g/mol. The van der Waals surface area contributed by atoms with Crippen LogP contribution in [0.5, 0.6) is 5.75 Å². The second kappa shape index (κ2) is 5.40. The summed E-state index contributed by atoms with van der Waals surface area (Å²) in [7, 11) is -3.70. The van der Waals surface area contributed by atoms with Gasteiger partial charge in [0.1, 0.15) is 12.4 Å². The lowest BCUT2D eigenvalue weighted by Crippen LogP contribution is -2.37. The van der Waals surface area contributed by atoms with Crippen molar-refractivity contribution >= 4 is 38.9 Å². The number of benzene rings is 2. The van der Waals surface area contributed by atoms with Gasteiger partial charge in [-0.3, -0.25) is 4.31 Å². The van der Waals surface area contributed by atoms with Crippen LogP contribution in [-0.4, -0.2) is 21.6 Å². The minimum atomic E-state index is -3.70. The second-order valence-electron chi connectivity index (χ2n) is 4.50. The van der Waals surface area contributed by atoms with E-state index in [2.05, 4.69) is 0 Å². The topological polar surface area (TPSA) is 46.6 Å². The van der Waals surface area contributed by atoms with E-state index in [0.29, 0.717) is 21.5 Å². The van der Waals surface area contributed by atoms with Gasteiger partial charge >= 0.3 is 0 Å². The number of ether oxygens (including phenoxy) is 1. The van der Waals surface area contributed by atoms with Crippen molar-refractivity contribution in [3.63, 3.8) is 0 Å². The number of nitrogens with zero attached hydrogens (tertiary/aromatic N) is 1. The summed E-state index contributed by atoms with van der Waals surface area (Å²) in [6.07, 6.45) is 0. The van der Waals surface area contributed by atoms with Crippen LogP contribution < -0.4 is 9.04 Å². The number of halogens is 2. The van der Waals surface area contributed by atoms with Crippen molar-refractivity contribution in [2.45, 2.75) is 4.90 Å². The molecule has 0 aromatic heterocycles. The SMILES string of the molecule is O=S(=O)(c1cccc(Cl)c1)N1CCOc2ccc(Cl)cc21. The van der Waals surface area contributed by atoms with Crippen LogP contribution in [0.4, 0.5) is 5.69 Å². The lowest BCUT2D eigenvalue weighted by molar-refractivity contribution is 0.316. The Labute approximate surface area is 132 Å². The smallest absolute Gasteiger partial charge is 0.264 e. The zero-order chi connectivity index (χ0) is 15.0. The summed E-state index contributed by atoms with van der Waals surface area (Å²) in [5.74, 6) is 0.497. The first-order chi connectivity index (χ1) is 9.98. The molecule has 0 bridgehead atoms. The van der Waals surface area contributed by atoms with E-state index in [9.17, 15) is 8.42 Å². The molecule has 0 atom stereocenters. The summed E-state index contributed by atoms with van der Waals surface area (Å²) in [6, 6.07) is 11.1. The van der Waals surface area contributed by atoms with Crippen molar-refractivity contribution in [3.8, 4) is 5.75 Å². The highest BCUT2D eigenvalue weighted by molar-refractivity contribution is 7.92. The number of rotatable bonds is 2. The zero-order valence-corrected chi connectivity index (χ0v) is 13.1. The van der Waals surface area contributed by atoms with Gasteiger partial charge in [0, 0.05) is 10.0 Å². The molecule has 0 amide bonds. The van der Waals surface area contributed by atoms with Crippen LogP contribution in [-0.2, 0) is 10.0 Å². The normalized spacial score (nSPS) is 14.5. The molecule has 3 rings (SSSR count). The van der Waals surface area contributed by atoms with Crippen molar-refractivity contribution in [3.05, 3.63) is 52.5 Å². The van der Waals surface area contributed by atoms with Gasteiger partial charge in [0.2, 0.25) is 0 Å². The first-order valence-corrected chi connectivity index (χ1v) is 8.39. The molecule has 7 heteroatoms. The van der Waals surface area contributed by atoms with Crippen molar-refractivity contribution < 1.29 is 13.2 Å². The molecule has 0 fully saturated rings. The average Bonchev–Trinajstić information content (AvgIpc) is 2.46. The highest BCUT2D eigenvalue weighted by Crippen LogP contribution is 2.37. The minimum absolute atomic E-state index is 0.142. The third-order valence-electron chi connectivity index (χ3n) is 3.13. The first kappa shape index (κ1) is 14.5. The van der Waals surface area contributed by atoms with Gasteiger partial charge < -0.3 is 4.74 Å². The molecule has 0 radical (unpaired) electrons. The summed E-state index contributed by atoms with van der Waals surface area (Å²) in [6.45, 7) is 0.511. The maximum atomic E-state index is 12.8. The number of fused-ring (bicyclic) bond motifs is 1. The molecule has 0 unspecified atom stereocenters. The first-order valence-electron chi connectivity index (χ1n) is 6.19. The van der Waals surface area contributed by atoms with Crippen molar-refractivity contribution in [1.82, 2.24) is 0 Å². The fraction of sp³-hybridized carbons (Fsp3) is 0.143. The summed E-state index contributed by atoms with van der Waals surface area (Å²) < 4.78 is 32.3. The van der Waals surface area contributed by atoms with E-state index in [1.807, 2.05) is 0 Å². The summed E-state index contributed by atoms with van der Waals surface area (Å²) >= 11 is 11.9. The van der Waals surface area contributed by atoms with Crippen molar-refractivity contribution in [2.75, 3.05) is 17.5 Å². The van der Waals surface area contributed by atoms with Crippen LogP contribution in [0.15, 0.2) is 47.4 Å². The monoisotopic (exact) mass is 343 g/mol. The Morgan fingerprint density at radius 2 is 1.81 bits per heavy atom. The van der Waals surface area contributed by atoms with Crippen LogP contribution in [0.1, 0.15) is 0 Å². The fourth-order valence-electron chi connectivity index (χ4n) is 2.17. The van der Waals surface area contributed by atoms with E-state index in [4.69, 9.17) is 27.9 Å². The van der Waals surface area contributed by atoms with E-state index >= 15 is 0 Å². The van der Waals surface area contributed by atoms with Crippen LogP contribution >= 0.6 is 23.2 Å². The summed E-state index contributed by atoms with van der Waals surface area (Å²) in [5, 5.41) is 0.821. The molecule has 21 heavy (non-hydrogen) atoms. The Morgan fingerprint density at radius 3 is 2.57 bits per heavy atom. The van der Waals surface area contributed by atoms with Crippen LogP contribution in [0, 0.1) is 0 Å². The molecule has 4 nitrogen and oxygen atoms in total. The van der Waals surface area contributed by atoms with E-state index in [1.165, 1.54) is 16.4 Å². The maximum absolute atomic E-state index is 12.8. The molecule has 0 saturated carbocycles. The van der Waals surface area contributed by atoms with Gasteiger partial charge in [-0.25, -0.2) is 8.42 Å². The number of hydrogen-bond donors (Lipinski definition) is 0. The fourth-order valence-corrected chi connectivity index (χ4v) is 4.09. The molecule has 0 saturated heterocycles. The van der Waals surface area contributed by atoms with Gasteiger partial charge in [-0.15, -0.1) is 0 Å². The molecule has 0 spiro atoms. The molecule has 0 N–H and O–H groups in total.